The largest absolute Gasteiger partial charge is 0.423 e. The van der Waals surface area contributed by atoms with Gasteiger partial charge in [0.15, 0.2) is 0 Å². The Labute approximate surface area is 208 Å². The van der Waals surface area contributed by atoms with Crippen LogP contribution in [-0.2, 0) is 11.8 Å². The molecule has 2 aromatic carbocycles. The number of hydrogen-bond acceptors (Lipinski definition) is 2. The summed E-state index contributed by atoms with van der Waals surface area (Å²) in [5.74, 6) is 0.374. The van der Waals surface area contributed by atoms with E-state index in [9.17, 15) is 4.79 Å². The van der Waals surface area contributed by atoms with E-state index in [1.54, 1.807) is 0 Å². The van der Waals surface area contributed by atoms with Crippen molar-refractivity contribution in [3.05, 3.63) is 65.2 Å². The standard InChI is InChI=1S/C32H46O2/c1-3-5-7-8-9-12-24-32(25-13-10-14-26-32)29-20-22-30(23-21-29)34-31(33)28-18-16-27(17-19-28)15-11-6-4-2/h16-23H,3-15,24-26H2,1-2H3. The Morgan fingerprint density at radius 3 is 2.03 bits per heavy atom. The van der Waals surface area contributed by atoms with Gasteiger partial charge in [-0.3, -0.25) is 0 Å². The quantitative estimate of drug-likeness (QED) is 0.159. The SMILES string of the molecule is CCCCCCCCC1(c2ccc(OC(=O)c3ccc(CCCCC)cc3)cc2)CCCCC1. The van der Waals surface area contributed by atoms with Crippen molar-refractivity contribution < 1.29 is 9.53 Å². The van der Waals surface area contributed by atoms with E-state index in [0.29, 0.717) is 16.7 Å². The third kappa shape index (κ3) is 8.00. The number of benzene rings is 2. The van der Waals surface area contributed by atoms with E-state index in [1.165, 1.54) is 107 Å². The predicted octanol–water partition coefficient (Wildman–Crippen LogP) is 9.59. The van der Waals surface area contributed by atoms with Crippen molar-refractivity contribution in [1.82, 2.24) is 0 Å². The number of aryl methyl sites for hydroxylation is 1. The van der Waals surface area contributed by atoms with Gasteiger partial charge in [0.25, 0.3) is 0 Å². The Morgan fingerprint density at radius 2 is 1.35 bits per heavy atom. The van der Waals surface area contributed by atoms with E-state index in [-0.39, 0.29) is 5.97 Å². The number of rotatable bonds is 14. The number of hydrogen-bond donors (Lipinski definition) is 0. The molecule has 3 rings (SSSR count). The first-order valence-corrected chi connectivity index (χ1v) is 14.1. The highest BCUT2D eigenvalue weighted by atomic mass is 16.5. The molecule has 34 heavy (non-hydrogen) atoms. The van der Waals surface area contributed by atoms with E-state index < -0.39 is 0 Å². The van der Waals surface area contributed by atoms with Crippen molar-refractivity contribution in [2.45, 2.75) is 122 Å². The molecule has 1 fully saturated rings. The molecule has 0 aliphatic heterocycles. The normalized spacial score (nSPS) is 15.2. The summed E-state index contributed by atoms with van der Waals surface area (Å²) in [6.45, 7) is 4.50. The molecule has 1 aliphatic rings. The van der Waals surface area contributed by atoms with Crippen LogP contribution in [-0.4, -0.2) is 5.97 Å². The Morgan fingerprint density at radius 1 is 0.735 bits per heavy atom. The molecule has 1 aliphatic carbocycles. The van der Waals surface area contributed by atoms with Gasteiger partial charge >= 0.3 is 5.97 Å². The molecule has 186 valence electrons. The fourth-order valence-corrected chi connectivity index (χ4v) is 5.58. The smallest absolute Gasteiger partial charge is 0.343 e. The Hall–Kier alpha value is -2.09. The topological polar surface area (TPSA) is 26.3 Å². The van der Waals surface area contributed by atoms with Crippen LogP contribution in [0.2, 0.25) is 0 Å². The average molecular weight is 463 g/mol. The van der Waals surface area contributed by atoms with E-state index in [4.69, 9.17) is 4.74 Å². The maximum atomic E-state index is 12.7. The molecule has 0 N–H and O–H groups in total. The summed E-state index contributed by atoms with van der Waals surface area (Å²) in [4.78, 5) is 12.7. The molecule has 0 spiro atoms. The molecular weight excluding hydrogens is 416 g/mol. The van der Waals surface area contributed by atoms with Crippen molar-refractivity contribution in [3.8, 4) is 5.75 Å². The lowest BCUT2D eigenvalue weighted by molar-refractivity contribution is 0.0734. The minimum Gasteiger partial charge on any atom is -0.423 e. The summed E-state index contributed by atoms with van der Waals surface area (Å²) in [6.07, 6.45) is 20.8. The minimum atomic E-state index is -0.271. The molecule has 0 bridgehead atoms. The summed E-state index contributed by atoms with van der Waals surface area (Å²) < 4.78 is 5.71. The molecule has 2 heteroatoms. The fourth-order valence-electron chi connectivity index (χ4n) is 5.58. The maximum Gasteiger partial charge on any atom is 0.343 e. The van der Waals surface area contributed by atoms with Gasteiger partial charge in [-0.05, 0) is 72.9 Å². The van der Waals surface area contributed by atoms with E-state index in [2.05, 4.69) is 38.1 Å². The van der Waals surface area contributed by atoms with Crippen LogP contribution in [0.5, 0.6) is 5.75 Å². The van der Waals surface area contributed by atoms with Gasteiger partial charge in [-0.1, -0.05) is 109 Å². The van der Waals surface area contributed by atoms with Crippen molar-refractivity contribution in [1.29, 1.82) is 0 Å². The molecule has 0 saturated heterocycles. The Kier molecular flexibility index (Phi) is 11.2. The molecule has 0 unspecified atom stereocenters. The fraction of sp³-hybridized carbons (Fsp3) is 0.594. The molecular formula is C32H46O2. The zero-order chi connectivity index (χ0) is 24.1. The molecule has 0 heterocycles. The van der Waals surface area contributed by atoms with Crippen LogP contribution in [0.15, 0.2) is 48.5 Å². The highest BCUT2D eigenvalue weighted by Gasteiger charge is 2.33. The van der Waals surface area contributed by atoms with Crippen LogP contribution in [0.1, 0.15) is 132 Å². The lowest BCUT2D eigenvalue weighted by atomic mass is 9.66. The van der Waals surface area contributed by atoms with Gasteiger partial charge in [-0.15, -0.1) is 0 Å². The number of carbonyl (C=O) groups excluding carboxylic acids is 1. The third-order valence-electron chi connectivity index (χ3n) is 7.76. The van der Waals surface area contributed by atoms with Gasteiger partial charge in [0, 0.05) is 0 Å². The van der Waals surface area contributed by atoms with Crippen LogP contribution in [0, 0.1) is 0 Å². The Balaban J connectivity index is 1.57. The lowest BCUT2D eigenvalue weighted by Gasteiger charge is -2.38. The second kappa shape index (κ2) is 14.3. The van der Waals surface area contributed by atoms with E-state index in [0.717, 1.165) is 6.42 Å². The summed E-state index contributed by atoms with van der Waals surface area (Å²) in [7, 11) is 0. The Bertz CT molecular complexity index is 828. The van der Waals surface area contributed by atoms with Gasteiger partial charge in [0.1, 0.15) is 5.75 Å². The average Bonchev–Trinajstić information content (AvgIpc) is 2.88. The molecule has 0 aromatic heterocycles. The minimum absolute atomic E-state index is 0.271. The summed E-state index contributed by atoms with van der Waals surface area (Å²) in [6, 6.07) is 16.4. The van der Waals surface area contributed by atoms with Gasteiger partial charge < -0.3 is 4.74 Å². The van der Waals surface area contributed by atoms with Gasteiger partial charge in [0.05, 0.1) is 5.56 Å². The molecule has 2 aromatic rings. The lowest BCUT2D eigenvalue weighted by Crippen LogP contribution is -2.29. The highest BCUT2D eigenvalue weighted by molar-refractivity contribution is 5.91. The number of ether oxygens (including phenoxy) is 1. The second-order valence-corrected chi connectivity index (χ2v) is 10.4. The van der Waals surface area contributed by atoms with Gasteiger partial charge in [0.2, 0.25) is 0 Å². The zero-order valence-corrected chi connectivity index (χ0v) is 21.7. The second-order valence-electron chi connectivity index (χ2n) is 10.4. The molecule has 1 saturated carbocycles. The summed E-state index contributed by atoms with van der Waals surface area (Å²) in [5.41, 5.74) is 3.67. The number of unbranched alkanes of at least 4 members (excludes halogenated alkanes) is 7. The van der Waals surface area contributed by atoms with Gasteiger partial charge in [-0.25, -0.2) is 4.79 Å². The van der Waals surface area contributed by atoms with Crippen LogP contribution < -0.4 is 4.74 Å². The molecule has 2 nitrogen and oxygen atoms in total. The highest BCUT2D eigenvalue weighted by Crippen LogP contribution is 2.43. The zero-order valence-electron chi connectivity index (χ0n) is 21.7. The first-order valence-electron chi connectivity index (χ1n) is 14.1. The van der Waals surface area contributed by atoms with Crippen LogP contribution >= 0.6 is 0 Å². The van der Waals surface area contributed by atoms with Crippen molar-refractivity contribution in [3.63, 3.8) is 0 Å². The number of carbonyl (C=O) groups is 1. The molecule has 0 atom stereocenters. The number of esters is 1. The first kappa shape index (κ1) is 26.5. The van der Waals surface area contributed by atoms with Crippen molar-refractivity contribution in [2.75, 3.05) is 0 Å². The third-order valence-corrected chi connectivity index (χ3v) is 7.76. The monoisotopic (exact) mass is 462 g/mol. The predicted molar refractivity (Wildman–Crippen MR) is 144 cm³/mol. The van der Waals surface area contributed by atoms with Crippen molar-refractivity contribution in [2.24, 2.45) is 0 Å². The first-order chi connectivity index (χ1) is 16.7. The van der Waals surface area contributed by atoms with Gasteiger partial charge in [-0.2, -0.15) is 0 Å². The maximum absolute atomic E-state index is 12.7. The van der Waals surface area contributed by atoms with Crippen LogP contribution in [0.3, 0.4) is 0 Å². The van der Waals surface area contributed by atoms with E-state index >= 15 is 0 Å². The van der Waals surface area contributed by atoms with Crippen molar-refractivity contribution >= 4 is 5.97 Å². The van der Waals surface area contributed by atoms with Crippen LogP contribution in [0.4, 0.5) is 0 Å². The van der Waals surface area contributed by atoms with E-state index in [1.807, 2.05) is 24.3 Å². The van der Waals surface area contributed by atoms with Crippen LogP contribution in [0.25, 0.3) is 0 Å². The summed E-state index contributed by atoms with van der Waals surface area (Å²) >= 11 is 0. The molecule has 0 radical (unpaired) electrons. The summed E-state index contributed by atoms with van der Waals surface area (Å²) in [5, 5.41) is 0. The molecule has 0 amide bonds.